The van der Waals surface area contributed by atoms with Crippen LogP contribution in [0.2, 0.25) is 0 Å². The molecular weight excluding hydrogens is 262 g/mol. The number of benzene rings is 1. The first-order chi connectivity index (χ1) is 6.46. The summed E-state index contributed by atoms with van der Waals surface area (Å²) in [7, 11) is 0. The largest absolute Gasteiger partial charge is 0.179 e. The molecule has 0 heterocycles. The van der Waals surface area contributed by atoms with Crippen LogP contribution in [0.15, 0.2) is 35.9 Å². The highest BCUT2D eigenvalue weighted by atomic mass is 35.5. The van der Waals surface area contributed by atoms with Crippen molar-refractivity contribution in [1.82, 2.24) is 0 Å². The first-order valence-corrected chi connectivity index (χ1v) is 5.51. The van der Waals surface area contributed by atoms with E-state index in [1.807, 2.05) is 30.3 Å². The van der Waals surface area contributed by atoms with Gasteiger partial charge in [0.2, 0.25) is 0 Å². The zero-order chi connectivity index (χ0) is 10.4. The van der Waals surface area contributed by atoms with Crippen molar-refractivity contribution < 1.29 is 0 Å². The van der Waals surface area contributed by atoms with E-state index in [1.165, 1.54) is 0 Å². The van der Waals surface area contributed by atoms with Crippen LogP contribution in [0.1, 0.15) is 5.56 Å². The molecule has 0 spiro atoms. The Labute approximate surface area is 102 Å². The lowest BCUT2D eigenvalue weighted by Gasteiger charge is -1.92. The van der Waals surface area contributed by atoms with E-state index >= 15 is 0 Å². The summed E-state index contributed by atoms with van der Waals surface area (Å²) in [5.74, 6) is 0. The fourth-order valence-corrected chi connectivity index (χ4v) is 2.41. The zero-order valence-electron chi connectivity index (χ0n) is 6.98. The maximum atomic E-state index is 5.88. The molecule has 0 aromatic heterocycles. The zero-order valence-corrected chi connectivity index (χ0v) is 10.00. The van der Waals surface area contributed by atoms with E-state index in [0.717, 1.165) is 5.56 Å². The maximum absolute atomic E-state index is 5.88. The number of allylic oxidation sites excluding steroid dienone is 1. The highest BCUT2D eigenvalue weighted by Gasteiger charge is 2.71. The van der Waals surface area contributed by atoms with Crippen LogP contribution in [-0.4, -0.2) is 8.67 Å². The highest BCUT2D eigenvalue weighted by molar-refractivity contribution is 6.72. The fourth-order valence-electron chi connectivity index (χ4n) is 1.21. The molecule has 0 N–H and O–H groups in total. The Morgan fingerprint density at radius 2 is 1.36 bits per heavy atom. The van der Waals surface area contributed by atoms with Gasteiger partial charge in [0.1, 0.15) is 0 Å². The minimum atomic E-state index is -1.15. The SMILES string of the molecule is ClC1(Cl)C(=Cc2ccccc2)C1(Cl)Cl. The summed E-state index contributed by atoms with van der Waals surface area (Å²) in [5, 5.41) is 0. The number of hydrogen-bond acceptors (Lipinski definition) is 0. The van der Waals surface area contributed by atoms with Gasteiger partial charge in [0.15, 0.2) is 8.67 Å². The Balaban J connectivity index is 2.32. The number of alkyl halides is 4. The Kier molecular flexibility index (Phi) is 2.52. The molecule has 0 atom stereocenters. The van der Waals surface area contributed by atoms with Crippen LogP contribution in [0.4, 0.5) is 0 Å². The number of hydrogen-bond donors (Lipinski definition) is 0. The van der Waals surface area contributed by atoms with Gasteiger partial charge in [-0.1, -0.05) is 76.7 Å². The van der Waals surface area contributed by atoms with Gasteiger partial charge in [-0.3, -0.25) is 0 Å². The second kappa shape index (κ2) is 3.31. The van der Waals surface area contributed by atoms with Gasteiger partial charge in [0.25, 0.3) is 0 Å². The van der Waals surface area contributed by atoms with Crippen molar-refractivity contribution in [3.8, 4) is 0 Å². The van der Waals surface area contributed by atoms with E-state index in [9.17, 15) is 0 Å². The van der Waals surface area contributed by atoms with Gasteiger partial charge in [0, 0.05) is 5.57 Å². The molecule has 0 nitrogen and oxygen atoms in total. The maximum Gasteiger partial charge on any atom is 0.179 e. The van der Waals surface area contributed by atoms with Crippen LogP contribution in [0.3, 0.4) is 0 Å². The van der Waals surface area contributed by atoms with Gasteiger partial charge in [0.05, 0.1) is 0 Å². The average Bonchev–Trinajstić information content (AvgIpc) is 2.50. The Morgan fingerprint density at radius 1 is 0.857 bits per heavy atom. The molecule has 0 aliphatic heterocycles. The summed E-state index contributed by atoms with van der Waals surface area (Å²) in [6.07, 6.45) is 1.81. The molecule has 0 unspecified atom stereocenters. The fraction of sp³-hybridized carbons (Fsp3) is 0.200. The third-order valence-corrected chi connectivity index (χ3v) is 4.45. The lowest BCUT2D eigenvalue weighted by atomic mass is 10.2. The van der Waals surface area contributed by atoms with Crippen LogP contribution in [0, 0.1) is 0 Å². The lowest BCUT2D eigenvalue weighted by Crippen LogP contribution is -1.96. The van der Waals surface area contributed by atoms with Crippen molar-refractivity contribution in [2.75, 3.05) is 0 Å². The molecule has 0 amide bonds. The van der Waals surface area contributed by atoms with E-state index in [2.05, 4.69) is 0 Å². The van der Waals surface area contributed by atoms with Crippen molar-refractivity contribution in [3.63, 3.8) is 0 Å². The average molecular weight is 268 g/mol. The first kappa shape index (κ1) is 10.6. The van der Waals surface area contributed by atoms with Crippen molar-refractivity contribution in [2.24, 2.45) is 0 Å². The summed E-state index contributed by atoms with van der Waals surface area (Å²) in [6, 6.07) is 9.63. The second-order valence-corrected chi connectivity index (χ2v) is 5.77. The second-order valence-electron chi connectivity index (χ2n) is 3.12. The molecule has 1 aliphatic carbocycles. The number of halogens is 4. The van der Waals surface area contributed by atoms with E-state index in [4.69, 9.17) is 46.4 Å². The lowest BCUT2D eigenvalue weighted by molar-refractivity contribution is 1.29. The summed E-state index contributed by atoms with van der Waals surface area (Å²) in [5.41, 5.74) is 1.61. The monoisotopic (exact) mass is 266 g/mol. The summed E-state index contributed by atoms with van der Waals surface area (Å²) >= 11 is 23.5. The molecule has 0 saturated heterocycles. The molecule has 74 valence electrons. The van der Waals surface area contributed by atoms with Crippen LogP contribution in [0.25, 0.3) is 6.08 Å². The molecule has 0 bridgehead atoms. The van der Waals surface area contributed by atoms with E-state index < -0.39 is 8.67 Å². The molecule has 1 aromatic rings. The van der Waals surface area contributed by atoms with Crippen LogP contribution >= 0.6 is 46.4 Å². The standard InChI is InChI=1S/C10H6Cl4/c11-9(12)8(10(9,13)14)6-7-4-2-1-3-5-7/h1-6H. The smallest absolute Gasteiger partial charge is 0.0928 e. The molecular formula is C10H6Cl4. The van der Waals surface area contributed by atoms with Crippen LogP contribution < -0.4 is 0 Å². The topological polar surface area (TPSA) is 0 Å². The van der Waals surface area contributed by atoms with Crippen LogP contribution in [-0.2, 0) is 0 Å². The Morgan fingerprint density at radius 3 is 1.79 bits per heavy atom. The van der Waals surface area contributed by atoms with Crippen molar-refractivity contribution in [2.45, 2.75) is 8.67 Å². The molecule has 0 radical (unpaired) electrons. The Hall–Kier alpha value is 0.120. The minimum absolute atomic E-state index is 0.628. The predicted octanol–water partition coefficient (Wildman–Crippen LogP) is 4.43. The third-order valence-electron chi connectivity index (χ3n) is 2.12. The predicted molar refractivity (Wildman–Crippen MR) is 63.3 cm³/mol. The van der Waals surface area contributed by atoms with Crippen molar-refractivity contribution >= 4 is 52.5 Å². The number of rotatable bonds is 1. The first-order valence-electron chi connectivity index (χ1n) is 3.99. The van der Waals surface area contributed by atoms with Gasteiger partial charge in [-0.25, -0.2) is 0 Å². The van der Waals surface area contributed by atoms with Crippen LogP contribution in [0.5, 0.6) is 0 Å². The van der Waals surface area contributed by atoms with E-state index in [1.54, 1.807) is 6.08 Å². The van der Waals surface area contributed by atoms with Gasteiger partial charge in [-0.05, 0) is 11.6 Å². The summed E-state index contributed by atoms with van der Waals surface area (Å²) in [4.78, 5) is 0. The van der Waals surface area contributed by atoms with Crippen molar-refractivity contribution in [3.05, 3.63) is 41.5 Å². The molecule has 1 fully saturated rings. The van der Waals surface area contributed by atoms with Gasteiger partial charge in [-0.2, -0.15) is 0 Å². The molecule has 2 rings (SSSR count). The molecule has 1 saturated carbocycles. The highest BCUT2D eigenvalue weighted by Crippen LogP contribution is 2.69. The minimum Gasteiger partial charge on any atom is -0.0928 e. The van der Waals surface area contributed by atoms with E-state index in [-0.39, 0.29) is 0 Å². The summed E-state index contributed by atoms with van der Waals surface area (Å²) < 4.78 is -2.29. The van der Waals surface area contributed by atoms with Crippen molar-refractivity contribution in [1.29, 1.82) is 0 Å². The van der Waals surface area contributed by atoms with Gasteiger partial charge in [-0.15, -0.1) is 0 Å². The quantitative estimate of drug-likeness (QED) is 0.661. The van der Waals surface area contributed by atoms with E-state index in [0.29, 0.717) is 5.57 Å². The molecule has 14 heavy (non-hydrogen) atoms. The molecule has 1 aliphatic rings. The van der Waals surface area contributed by atoms with Gasteiger partial charge < -0.3 is 0 Å². The normalized spacial score (nSPS) is 21.9. The Bertz CT molecular complexity index is 362. The van der Waals surface area contributed by atoms with Gasteiger partial charge >= 0.3 is 0 Å². The third kappa shape index (κ3) is 1.55. The molecule has 1 aromatic carbocycles. The molecule has 4 heteroatoms. The summed E-state index contributed by atoms with van der Waals surface area (Å²) in [6.45, 7) is 0.